The highest BCUT2D eigenvalue weighted by Gasteiger charge is 2.24. The Morgan fingerprint density at radius 2 is 1.73 bits per heavy atom. The number of benzene rings is 2. The minimum Gasteiger partial charge on any atom is -0.493 e. The van der Waals surface area contributed by atoms with Crippen molar-refractivity contribution in [1.29, 1.82) is 0 Å². The number of halogens is 1. The van der Waals surface area contributed by atoms with Crippen molar-refractivity contribution in [3.8, 4) is 11.5 Å². The minimum atomic E-state index is -4.12. The first-order chi connectivity index (χ1) is 12.3. The monoisotopic (exact) mass is 443 g/mol. The molecule has 0 aromatic heterocycles. The Morgan fingerprint density at radius 3 is 2.35 bits per heavy atom. The summed E-state index contributed by atoms with van der Waals surface area (Å²) in [5.41, 5.74) is -0.195. The second kappa shape index (κ2) is 8.41. The highest BCUT2D eigenvalue weighted by Crippen LogP contribution is 2.36. The van der Waals surface area contributed by atoms with Crippen LogP contribution in [0.25, 0.3) is 0 Å². The van der Waals surface area contributed by atoms with Gasteiger partial charge >= 0.3 is 5.97 Å². The normalized spacial score (nSPS) is 11.0. The van der Waals surface area contributed by atoms with Crippen LogP contribution in [0.5, 0.6) is 11.5 Å². The van der Waals surface area contributed by atoms with Crippen molar-refractivity contribution < 1.29 is 27.8 Å². The van der Waals surface area contributed by atoms with E-state index in [0.717, 1.165) is 0 Å². The number of carboxylic acids is 1. The minimum absolute atomic E-state index is 0.0386. The van der Waals surface area contributed by atoms with Gasteiger partial charge in [0.25, 0.3) is 10.0 Å². The van der Waals surface area contributed by atoms with E-state index in [0.29, 0.717) is 16.8 Å². The number of carboxylic acid groups (broad SMARTS) is 1. The zero-order valence-electron chi connectivity index (χ0n) is 14.2. The summed E-state index contributed by atoms with van der Waals surface area (Å²) in [5.74, 6) is -0.773. The summed E-state index contributed by atoms with van der Waals surface area (Å²) in [4.78, 5) is 11.2. The van der Waals surface area contributed by atoms with Crippen LogP contribution in [0.4, 0.5) is 5.69 Å². The molecule has 0 amide bonds. The Labute approximate surface area is 160 Å². The van der Waals surface area contributed by atoms with E-state index in [1.54, 1.807) is 19.9 Å². The fraction of sp³-hybridized carbons (Fsp3) is 0.235. The summed E-state index contributed by atoms with van der Waals surface area (Å²) in [6, 6.07) is 8.59. The Kier molecular flexibility index (Phi) is 6.49. The molecule has 2 aromatic rings. The lowest BCUT2D eigenvalue weighted by Crippen LogP contribution is -2.17. The molecule has 7 nitrogen and oxygen atoms in total. The number of ether oxygens (including phenoxy) is 2. The fourth-order valence-electron chi connectivity index (χ4n) is 2.22. The van der Waals surface area contributed by atoms with Gasteiger partial charge in [0, 0.05) is 6.07 Å². The smallest absolute Gasteiger partial charge is 0.337 e. The number of nitrogens with one attached hydrogen (secondary N) is 1. The molecule has 0 aliphatic rings. The molecule has 0 heterocycles. The molecule has 0 spiro atoms. The van der Waals surface area contributed by atoms with Gasteiger partial charge < -0.3 is 14.6 Å². The van der Waals surface area contributed by atoms with Gasteiger partial charge in [-0.25, -0.2) is 13.2 Å². The van der Waals surface area contributed by atoms with Gasteiger partial charge in [0.1, 0.15) is 16.4 Å². The largest absolute Gasteiger partial charge is 0.493 e. The first-order valence-corrected chi connectivity index (χ1v) is 10.0. The van der Waals surface area contributed by atoms with E-state index in [1.807, 2.05) is 0 Å². The fourth-order valence-corrected chi connectivity index (χ4v) is 3.88. The lowest BCUT2D eigenvalue weighted by molar-refractivity contribution is 0.0698. The van der Waals surface area contributed by atoms with Crippen molar-refractivity contribution in [1.82, 2.24) is 0 Å². The van der Waals surface area contributed by atoms with Crippen LogP contribution in [0.2, 0.25) is 0 Å². The zero-order valence-corrected chi connectivity index (χ0v) is 16.6. The van der Waals surface area contributed by atoms with Crippen molar-refractivity contribution in [2.45, 2.75) is 18.7 Å². The molecule has 2 N–H and O–H groups in total. The maximum absolute atomic E-state index is 12.9. The number of hydrogen-bond acceptors (Lipinski definition) is 5. The van der Waals surface area contributed by atoms with E-state index in [-0.39, 0.29) is 28.5 Å². The quantitative estimate of drug-likeness (QED) is 0.643. The highest BCUT2D eigenvalue weighted by molar-refractivity contribution is 9.10. The summed E-state index contributed by atoms with van der Waals surface area (Å²) in [5, 5.41) is 9.24. The van der Waals surface area contributed by atoms with Gasteiger partial charge in [-0.15, -0.1) is 0 Å². The Hall–Kier alpha value is -2.26. The number of rotatable bonds is 8. The van der Waals surface area contributed by atoms with Crippen molar-refractivity contribution in [2.24, 2.45) is 0 Å². The highest BCUT2D eigenvalue weighted by atomic mass is 79.9. The van der Waals surface area contributed by atoms with Crippen molar-refractivity contribution in [3.63, 3.8) is 0 Å². The molecule has 26 heavy (non-hydrogen) atoms. The lowest BCUT2D eigenvalue weighted by Gasteiger charge is -2.16. The predicted octanol–water partition coefficient (Wildman–Crippen LogP) is 3.75. The molecule has 140 valence electrons. The zero-order chi connectivity index (χ0) is 19.3. The van der Waals surface area contributed by atoms with Gasteiger partial charge in [0.05, 0.1) is 28.9 Å². The number of carbonyl (C=O) groups is 1. The summed E-state index contributed by atoms with van der Waals surface area (Å²) in [7, 11) is -4.12. The molecule has 0 unspecified atom stereocenters. The number of anilines is 1. The van der Waals surface area contributed by atoms with Crippen LogP contribution in [-0.2, 0) is 10.0 Å². The predicted molar refractivity (Wildman–Crippen MR) is 101 cm³/mol. The molecule has 0 saturated heterocycles. The van der Waals surface area contributed by atoms with Gasteiger partial charge in [-0.1, -0.05) is 12.1 Å². The third-order valence-corrected chi connectivity index (χ3v) is 5.30. The standard InChI is InChI=1S/C17H18BrNO6S/c1-3-24-14-10-16(15(25-4-2)9-12(14)18)26(22,23)19-13-8-6-5-7-11(13)17(20)21/h5-10,19H,3-4H2,1-2H3,(H,20,21). The van der Waals surface area contributed by atoms with Crippen molar-refractivity contribution >= 4 is 37.6 Å². The Balaban J connectivity index is 2.54. The van der Waals surface area contributed by atoms with Crippen LogP contribution in [0.3, 0.4) is 0 Å². The molecule has 2 aromatic carbocycles. The molecule has 0 radical (unpaired) electrons. The van der Waals surface area contributed by atoms with Gasteiger partial charge in [0.2, 0.25) is 0 Å². The van der Waals surface area contributed by atoms with Crippen LogP contribution in [0.1, 0.15) is 24.2 Å². The summed E-state index contributed by atoms with van der Waals surface area (Å²) in [6.07, 6.45) is 0. The molecule has 0 atom stereocenters. The van der Waals surface area contributed by atoms with E-state index in [4.69, 9.17) is 9.47 Å². The summed E-state index contributed by atoms with van der Waals surface area (Å²) < 4.78 is 39.5. The van der Waals surface area contributed by atoms with Crippen LogP contribution in [-0.4, -0.2) is 32.7 Å². The van der Waals surface area contributed by atoms with Crippen LogP contribution < -0.4 is 14.2 Å². The van der Waals surface area contributed by atoms with Gasteiger partial charge in [-0.05, 0) is 48.0 Å². The maximum Gasteiger partial charge on any atom is 0.337 e. The number of hydrogen-bond donors (Lipinski definition) is 2. The van der Waals surface area contributed by atoms with Gasteiger partial charge in [-0.3, -0.25) is 4.72 Å². The van der Waals surface area contributed by atoms with E-state index in [1.165, 1.54) is 30.3 Å². The Bertz CT molecular complexity index is 913. The molecular formula is C17H18BrNO6S. The van der Waals surface area contributed by atoms with Gasteiger partial charge in [0.15, 0.2) is 0 Å². The van der Waals surface area contributed by atoms with E-state index in [9.17, 15) is 18.3 Å². The van der Waals surface area contributed by atoms with Crippen LogP contribution in [0.15, 0.2) is 45.8 Å². The first-order valence-electron chi connectivity index (χ1n) is 7.74. The van der Waals surface area contributed by atoms with Crippen LogP contribution >= 0.6 is 15.9 Å². The van der Waals surface area contributed by atoms with Gasteiger partial charge in [-0.2, -0.15) is 0 Å². The van der Waals surface area contributed by atoms with Crippen molar-refractivity contribution in [3.05, 3.63) is 46.4 Å². The molecule has 0 fully saturated rings. The third kappa shape index (κ3) is 4.47. The second-order valence-electron chi connectivity index (χ2n) is 5.05. The summed E-state index contributed by atoms with van der Waals surface area (Å²) in [6.45, 7) is 4.11. The third-order valence-electron chi connectivity index (χ3n) is 3.29. The lowest BCUT2D eigenvalue weighted by atomic mass is 10.2. The summed E-state index contributed by atoms with van der Waals surface area (Å²) >= 11 is 3.32. The molecule has 9 heteroatoms. The number of aromatic carboxylic acids is 1. The molecule has 2 rings (SSSR count). The first kappa shape index (κ1) is 20.1. The molecular weight excluding hydrogens is 426 g/mol. The SMILES string of the molecule is CCOc1cc(S(=O)(=O)Nc2ccccc2C(=O)O)c(OCC)cc1Br. The van der Waals surface area contributed by atoms with Crippen molar-refractivity contribution in [2.75, 3.05) is 17.9 Å². The topological polar surface area (TPSA) is 102 Å². The Morgan fingerprint density at radius 1 is 1.12 bits per heavy atom. The van der Waals surface area contributed by atoms with E-state index in [2.05, 4.69) is 20.7 Å². The molecule has 0 aliphatic carbocycles. The molecule has 0 saturated carbocycles. The number of para-hydroxylation sites is 1. The van der Waals surface area contributed by atoms with E-state index < -0.39 is 16.0 Å². The molecule has 0 aliphatic heterocycles. The maximum atomic E-state index is 12.9. The number of sulfonamides is 1. The average molecular weight is 444 g/mol. The van der Waals surface area contributed by atoms with Crippen LogP contribution in [0, 0.1) is 0 Å². The second-order valence-corrected chi connectivity index (χ2v) is 7.56. The average Bonchev–Trinajstić information content (AvgIpc) is 2.57. The molecule has 0 bridgehead atoms. The van der Waals surface area contributed by atoms with E-state index >= 15 is 0 Å².